The highest BCUT2D eigenvalue weighted by atomic mass is 35.5. The highest BCUT2D eigenvalue weighted by molar-refractivity contribution is 5.85. The van der Waals surface area contributed by atoms with Crippen LogP contribution < -0.4 is 10.6 Å². The monoisotopic (exact) mass is 322 g/mol. The summed E-state index contributed by atoms with van der Waals surface area (Å²) in [5, 5.41) is 7.43. The van der Waals surface area contributed by atoms with Gasteiger partial charge in [-0.15, -0.1) is 12.4 Å². The highest BCUT2D eigenvalue weighted by Gasteiger charge is 2.15. The zero-order valence-corrected chi connectivity index (χ0v) is 13.5. The largest absolute Gasteiger partial charge is 0.461 e. The number of furan rings is 1. The minimum atomic E-state index is 0. The summed E-state index contributed by atoms with van der Waals surface area (Å²) in [5.41, 5.74) is 0.910. The van der Waals surface area contributed by atoms with Crippen LogP contribution in [-0.2, 0) is 11.2 Å². The van der Waals surface area contributed by atoms with Crippen molar-refractivity contribution in [1.29, 1.82) is 0 Å². The fourth-order valence-corrected chi connectivity index (χ4v) is 2.87. The first-order chi connectivity index (χ1) is 10.3. The molecule has 1 unspecified atom stereocenters. The first-order valence-corrected chi connectivity index (χ1v) is 7.76. The summed E-state index contributed by atoms with van der Waals surface area (Å²) in [4.78, 5) is 11.8. The second-order valence-corrected chi connectivity index (χ2v) is 5.75. The van der Waals surface area contributed by atoms with Crippen LogP contribution in [0.1, 0.15) is 25.0 Å². The number of halogens is 1. The lowest BCUT2D eigenvalue weighted by molar-refractivity contribution is -0.121. The lowest BCUT2D eigenvalue weighted by Crippen LogP contribution is -2.26. The number of hydrogen-bond donors (Lipinski definition) is 2. The number of rotatable bonds is 6. The van der Waals surface area contributed by atoms with E-state index < -0.39 is 0 Å². The van der Waals surface area contributed by atoms with Crippen LogP contribution in [0.15, 0.2) is 34.7 Å². The molecular weight excluding hydrogens is 300 g/mol. The van der Waals surface area contributed by atoms with Crippen LogP contribution >= 0.6 is 12.4 Å². The molecule has 22 heavy (non-hydrogen) atoms. The lowest BCUT2D eigenvalue weighted by atomic mass is 10.0. The molecule has 2 heterocycles. The molecule has 1 aromatic carbocycles. The maximum atomic E-state index is 11.8. The van der Waals surface area contributed by atoms with Gasteiger partial charge in [0.25, 0.3) is 0 Å². The average Bonchev–Trinajstić information content (AvgIpc) is 3.14. The number of nitrogens with one attached hydrogen (secondary N) is 2. The van der Waals surface area contributed by atoms with E-state index in [1.54, 1.807) is 0 Å². The van der Waals surface area contributed by atoms with E-state index in [0.29, 0.717) is 18.9 Å². The summed E-state index contributed by atoms with van der Waals surface area (Å²) in [6.07, 6.45) is 3.56. The molecule has 4 nitrogen and oxygen atoms in total. The van der Waals surface area contributed by atoms with Gasteiger partial charge in [0.1, 0.15) is 11.3 Å². The summed E-state index contributed by atoms with van der Waals surface area (Å²) in [7, 11) is 0. The Balaban J connectivity index is 0.00000176. The van der Waals surface area contributed by atoms with Crippen molar-refractivity contribution >= 4 is 29.3 Å². The Morgan fingerprint density at radius 1 is 1.36 bits per heavy atom. The van der Waals surface area contributed by atoms with Gasteiger partial charge < -0.3 is 15.1 Å². The van der Waals surface area contributed by atoms with E-state index in [0.717, 1.165) is 42.7 Å². The number of fused-ring (bicyclic) bond motifs is 1. The molecule has 0 saturated carbocycles. The Morgan fingerprint density at radius 2 is 2.23 bits per heavy atom. The Bertz CT molecular complexity index is 572. The number of para-hydroxylation sites is 1. The Morgan fingerprint density at radius 3 is 3.00 bits per heavy atom. The quantitative estimate of drug-likeness (QED) is 0.860. The van der Waals surface area contributed by atoms with Crippen LogP contribution in [0.3, 0.4) is 0 Å². The molecule has 1 atom stereocenters. The van der Waals surface area contributed by atoms with Crippen molar-refractivity contribution in [3.63, 3.8) is 0 Å². The standard InChI is InChI=1S/C17H22N2O2.ClH/c20-17(6-5-13-7-9-18-12-13)19-10-8-15-11-14-3-1-2-4-16(14)21-15;/h1-4,11,13,18H,5-10,12H2,(H,19,20);1H. The minimum absolute atomic E-state index is 0. The Hall–Kier alpha value is -1.52. The molecule has 120 valence electrons. The normalized spacial score (nSPS) is 17.4. The van der Waals surface area contributed by atoms with Crippen molar-refractivity contribution in [3.05, 3.63) is 36.1 Å². The minimum Gasteiger partial charge on any atom is -0.461 e. The zero-order chi connectivity index (χ0) is 14.5. The molecule has 1 fully saturated rings. The second-order valence-electron chi connectivity index (χ2n) is 5.75. The molecule has 1 saturated heterocycles. The predicted octanol–water partition coefficient (Wildman–Crippen LogP) is 2.90. The van der Waals surface area contributed by atoms with Crippen molar-refractivity contribution in [2.75, 3.05) is 19.6 Å². The summed E-state index contributed by atoms with van der Waals surface area (Å²) < 4.78 is 5.73. The molecule has 0 radical (unpaired) electrons. The van der Waals surface area contributed by atoms with Crippen LogP contribution in [0, 0.1) is 5.92 Å². The summed E-state index contributed by atoms with van der Waals surface area (Å²) in [6.45, 7) is 2.80. The number of hydrogen-bond acceptors (Lipinski definition) is 3. The summed E-state index contributed by atoms with van der Waals surface area (Å²) in [6, 6.07) is 10.0. The third-order valence-electron chi connectivity index (χ3n) is 4.11. The van der Waals surface area contributed by atoms with E-state index >= 15 is 0 Å². The first kappa shape index (κ1) is 16.8. The van der Waals surface area contributed by atoms with E-state index in [4.69, 9.17) is 4.42 Å². The fraction of sp³-hybridized carbons (Fsp3) is 0.471. The van der Waals surface area contributed by atoms with Gasteiger partial charge in [-0.3, -0.25) is 4.79 Å². The van der Waals surface area contributed by atoms with Gasteiger partial charge in [0.05, 0.1) is 0 Å². The van der Waals surface area contributed by atoms with Gasteiger partial charge in [0, 0.05) is 24.8 Å². The van der Waals surface area contributed by atoms with Gasteiger partial charge in [-0.2, -0.15) is 0 Å². The average molecular weight is 323 g/mol. The van der Waals surface area contributed by atoms with Gasteiger partial charge in [-0.1, -0.05) is 18.2 Å². The molecular formula is C17H23ClN2O2. The van der Waals surface area contributed by atoms with Crippen molar-refractivity contribution in [2.45, 2.75) is 25.7 Å². The van der Waals surface area contributed by atoms with Gasteiger partial charge in [-0.05, 0) is 44.0 Å². The van der Waals surface area contributed by atoms with Crippen molar-refractivity contribution in [3.8, 4) is 0 Å². The van der Waals surface area contributed by atoms with Crippen LogP contribution in [-0.4, -0.2) is 25.5 Å². The maximum absolute atomic E-state index is 11.8. The van der Waals surface area contributed by atoms with Gasteiger partial charge in [-0.25, -0.2) is 0 Å². The van der Waals surface area contributed by atoms with Crippen molar-refractivity contribution in [1.82, 2.24) is 10.6 Å². The fourth-order valence-electron chi connectivity index (χ4n) is 2.87. The second kappa shape index (κ2) is 8.20. The van der Waals surface area contributed by atoms with Crippen LogP contribution in [0.25, 0.3) is 11.0 Å². The van der Waals surface area contributed by atoms with Crippen LogP contribution in [0.2, 0.25) is 0 Å². The molecule has 0 aliphatic carbocycles. The molecule has 1 aromatic heterocycles. The Labute approximate surface area is 137 Å². The zero-order valence-electron chi connectivity index (χ0n) is 12.6. The van der Waals surface area contributed by atoms with E-state index in [9.17, 15) is 4.79 Å². The highest BCUT2D eigenvalue weighted by Crippen LogP contribution is 2.19. The van der Waals surface area contributed by atoms with Gasteiger partial charge in [0.2, 0.25) is 5.91 Å². The van der Waals surface area contributed by atoms with Crippen LogP contribution in [0.5, 0.6) is 0 Å². The van der Waals surface area contributed by atoms with Gasteiger partial charge in [0.15, 0.2) is 0 Å². The Kier molecular flexibility index (Phi) is 6.28. The third-order valence-corrected chi connectivity index (χ3v) is 4.11. The molecule has 2 N–H and O–H groups in total. The number of benzene rings is 1. The van der Waals surface area contributed by atoms with E-state index in [2.05, 4.69) is 10.6 Å². The molecule has 0 bridgehead atoms. The SMILES string of the molecule is Cl.O=C(CCC1CCNC1)NCCc1cc2ccccc2o1. The van der Waals surface area contributed by atoms with E-state index in [1.165, 1.54) is 6.42 Å². The number of carbonyl (C=O) groups is 1. The smallest absolute Gasteiger partial charge is 0.220 e. The predicted molar refractivity (Wildman–Crippen MR) is 90.4 cm³/mol. The topological polar surface area (TPSA) is 54.3 Å². The van der Waals surface area contributed by atoms with Gasteiger partial charge >= 0.3 is 0 Å². The molecule has 1 aliphatic heterocycles. The van der Waals surface area contributed by atoms with E-state index in [-0.39, 0.29) is 18.3 Å². The summed E-state index contributed by atoms with van der Waals surface area (Å²) >= 11 is 0. The molecule has 1 amide bonds. The third kappa shape index (κ3) is 4.49. The molecule has 5 heteroatoms. The molecule has 1 aliphatic rings. The maximum Gasteiger partial charge on any atom is 0.220 e. The van der Waals surface area contributed by atoms with E-state index in [1.807, 2.05) is 30.3 Å². The number of carbonyl (C=O) groups excluding carboxylic acids is 1. The summed E-state index contributed by atoms with van der Waals surface area (Å²) in [5.74, 6) is 1.75. The van der Waals surface area contributed by atoms with Crippen molar-refractivity contribution < 1.29 is 9.21 Å². The first-order valence-electron chi connectivity index (χ1n) is 7.76. The molecule has 0 spiro atoms. The molecule has 2 aromatic rings. The lowest BCUT2D eigenvalue weighted by Gasteiger charge is -2.08. The molecule has 3 rings (SSSR count). The van der Waals surface area contributed by atoms with Crippen LogP contribution in [0.4, 0.5) is 0 Å². The van der Waals surface area contributed by atoms with Crippen molar-refractivity contribution in [2.24, 2.45) is 5.92 Å². The number of amides is 1.